The minimum absolute atomic E-state index is 0.171. The maximum atomic E-state index is 12.6. The Labute approximate surface area is 142 Å². The van der Waals surface area contributed by atoms with E-state index in [4.69, 9.17) is 16.1 Å². The number of halogens is 1. The molecule has 1 N–H and O–H groups in total. The summed E-state index contributed by atoms with van der Waals surface area (Å²) in [6, 6.07) is 5.53. The first kappa shape index (κ1) is 16.0. The number of fused-ring (bicyclic) bond motifs is 1. The summed E-state index contributed by atoms with van der Waals surface area (Å²) in [5.74, 6) is 0.0163. The molecule has 5 nitrogen and oxygen atoms in total. The number of nitrogens with zero attached hydrogens (tertiary/aromatic N) is 2. The van der Waals surface area contributed by atoms with E-state index in [1.807, 2.05) is 32.0 Å². The zero-order valence-electron chi connectivity index (χ0n) is 13.0. The summed E-state index contributed by atoms with van der Waals surface area (Å²) in [7, 11) is 0. The molecule has 120 valence electrons. The van der Waals surface area contributed by atoms with Crippen molar-refractivity contribution in [1.29, 1.82) is 0 Å². The van der Waals surface area contributed by atoms with Gasteiger partial charge in [0.05, 0.1) is 27.5 Å². The van der Waals surface area contributed by atoms with Crippen LogP contribution in [0, 0.1) is 6.92 Å². The van der Waals surface area contributed by atoms with Gasteiger partial charge < -0.3 is 9.84 Å². The summed E-state index contributed by atoms with van der Waals surface area (Å²) in [5, 5.41) is 7.51. The van der Waals surface area contributed by atoms with Crippen molar-refractivity contribution in [3.05, 3.63) is 44.4 Å². The van der Waals surface area contributed by atoms with Crippen LogP contribution < -0.4 is 5.32 Å². The average molecular weight is 350 g/mol. The van der Waals surface area contributed by atoms with Crippen LogP contribution in [-0.2, 0) is 6.54 Å². The first-order valence-corrected chi connectivity index (χ1v) is 8.44. The molecule has 0 radical (unpaired) electrons. The van der Waals surface area contributed by atoms with Gasteiger partial charge in [-0.3, -0.25) is 4.79 Å². The summed E-state index contributed by atoms with van der Waals surface area (Å²) < 4.78 is 5.95. The zero-order chi connectivity index (χ0) is 16.6. The molecule has 0 unspecified atom stereocenters. The Morgan fingerprint density at radius 2 is 2.22 bits per heavy atom. The molecule has 0 atom stereocenters. The topological polar surface area (TPSA) is 68.0 Å². The van der Waals surface area contributed by atoms with Crippen LogP contribution >= 0.6 is 22.9 Å². The molecule has 0 saturated carbocycles. The first-order valence-electron chi connectivity index (χ1n) is 7.25. The fourth-order valence-corrected chi connectivity index (χ4v) is 3.33. The summed E-state index contributed by atoms with van der Waals surface area (Å²) in [6.07, 6.45) is 0. The van der Waals surface area contributed by atoms with Crippen LogP contribution in [0.3, 0.4) is 0 Å². The molecule has 3 aromatic rings. The number of nitrogens with one attached hydrogen (secondary N) is 1. The van der Waals surface area contributed by atoms with Crippen molar-refractivity contribution in [2.24, 2.45) is 0 Å². The maximum absolute atomic E-state index is 12.6. The Kier molecular flexibility index (Phi) is 4.37. The van der Waals surface area contributed by atoms with E-state index in [2.05, 4.69) is 15.5 Å². The predicted molar refractivity (Wildman–Crippen MR) is 91.1 cm³/mol. The van der Waals surface area contributed by atoms with Gasteiger partial charge in [0, 0.05) is 10.6 Å². The van der Waals surface area contributed by atoms with Crippen molar-refractivity contribution in [1.82, 2.24) is 15.5 Å². The van der Waals surface area contributed by atoms with E-state index >= 15 is 0 Å². The second-order valence-corrected chi connectivity index (χ2v) is 7.39. The van der Waals surface area contributed by atoms with Gasteiger partial charge >= 0.3 is 0 Å². The quantitative estimate of drug-likeness (QED) is 0.762. The minimum atomic E-state index is -0.171. The molecule has 1 amide bonds. The lowest BCUT2D eigenvalue weighted by Crippen LogP contribution is -2.23. The van der Waals surface area contributed by atoms with Crippen molar-refractivity contribution in [2.75, 3.05) is 0 Å². The summed E-state index contributed by atoms with van der Waals surface area (Å²) in [6.45, 7) is 6.28. The van der Waals surface area contributed by atoms with Gasteiger partial charge in [-0.25, -0.2) is 4.98 Å². The number of hydrogen-bond donors (Lipinski definition) is 1. The lowest BCUT2D eigenvalue weighted by Gasteiger charge is -2.09. The third-order valence-electron chi connectivity index (χ3n) is 3.53. The van der Waals surface area contributed by atoms with Crippen molar-refractivity contribution in [2.45, 2.75) is 33.2 Å². The van der Waals surface area contributed by atoms with Gasteiger partial charge in [-0.05, 0) is 31.0 Å². The summed E-state index contributed by atoms with van der Waals surface area (Å²) in [5.41, 5.74) is 2.41. The molecule has 3 rings (SSSR count). The van der Waals surface area contributed by atoms with E-state index in [0.29, 0.717) is 33.2 Å². The Balaban J connectivity index is 1.93. The van der Waals surface area contributed by atoms with Gasteiger partial charge in [-0.15, -0.1) is 11.3 Å². The van der Waals surface area contributed by atoms with Gasteiger partial charge in [0.2, 0.25) is 0 Å². The number of carbonyl (C=O) groups excluding carboxylic acids is 1. The second-order valence-electron chi connectivity index (χ2n) is 5.59. The molecule has 0 aliphatic heterocycles. The molecular formula is C16H16ClN3O2S. The van der Waals surface area contributed by atoms with Crippen molar-refractivity contribution >= 4 is 39.9 Å². The standard InChI is InChI=1S/C16H16ClN3O2S/c1-8(2)12-6-11(14-9(3)20-22-16(14)19-12)15(21)18-7-10-4-5-13(17)23-10/h4-6,8H,7H2,1-3H3,(H,18,21). The highest BCUT2D eigenvalue weighted by atomic mass is 35.5. The van der Waals surface area contributed by atoms with Crippen LogP contribution in [0.15, 0.2) is 22.7 Å². The fourth-order valence-electron chi connectivity index (χ4n) is 2.30. The lowest BCUT2D eigenvalue weighted by atomic mass is 10.0. The van der Waals surface area contributed by atoms with Crippen molar-refractivity contribution in [3.8, 4) is 0 Å². The molecule has 7 heteroatoms. The van der Waals surface area contributed by atoms with Crippen LogP contribution in [-0.4, -0.2) is 16.0 Å². The monoisotopic (exact) mass is 349 g/mol. The molecule has 3 aromatic heterocycles. The third kappa shape index (κ3) is 3.23. The Bertz CT molecular complexity index is 869. The van der Waals surface area contributed by atoms with E-state index < -0.39 is 0 Å². The number of amides is 1. The number of hydrogen-bond acceptors (Lipinski definition) is 5. The average Bonchev–Trinajstić information content (AvgIpc) is 3.10. The van der Waals surface area contributed by atoms with Gasteiger partial charge in [0.1, 0.15) is 0 Å². The lowest BCUT2D eigenvalue weighted by molar-refractivity contribution is 0.0952. The normalized spacial score (nSPS) is 11.3. The number of aryl methyl sites for hydroxylation is 1. The molecule has 0 aromatic carbocycles. The molecule has 0 aliphatic rings. The molecule has 3 heterocycles. The minimum Gasteiger partial charge on any atom is -0.347 e. The van der Waals surface area contributed by atoms with Crippen molar-refractivity contribution < 1.29 is 9.32 Å². The summed E-state index contributed by atoms with van der Waals surface area (Å²) >= 11 is 7.36. The molecular weight excluding hydrogens is 334 g/mol. The highest BCUT2D eigenvalue weighted by Gasteiger charge is 2.19. The van der Waals surface area contributed by atoms with Crippen LogP contribution in [0.2, 0.25) is 4.34 Å². The number of rotatable bonds is 4. The predicted octanol–water partition coefficient (Wildman–Crippen LogP) is 4.30. The highest BCUT2D eigenvalue weighted by Crippen LogP contribution is 2.25. The van der Waals surface area contributed by atoms with Crippen LogP contribution in [0.4, 0.5) is 0 Å². The largest absolute Gasteiger partial charge is 0.347 e. The second kappa shape index (κ2) is 6.29. The molecule has 0 fully saturated rings. The Hall–Kier alpha value is -1.92. The van der Waals surface area contributed by atoms with Gasteiger partial charge in [-0.2, -0.15) is 0 Å². The van der Waals surface area contributed by atoms with E-state index in [9.17, 15) is 4.79 Å². The fraction of sp³-hybridized carbons (Fsp3) is 0.312. The van der Waals surface area contributed by atoms with Gasteiger partial charge in [0.15, 0.2) is 0 Å². The van der Waals surface area contributed by atoms with E-state index in [1.54, 1.807) is 6.92 Å². The van der Waals surface area contributed by atoms with Crippen molar-refractivity contribution in [3.63, 3.8) is 0 Å². The number of pyridine rings is 1. The molecule has 0 saturated heterocycles. The van der Waals surface area contributed by atoms with E-state index in [1.165, 1.54) is 11.3 Å². The Morgan fingerprint density at radius 3 is 2.87 bits per heavy atom. The number of aromatic nitrogens is 2. The summed E-state index contributed by atoms with van der Waals surface area (Å²) in [4.78, 5) is 18.1. The van der Waals surface area contributed by atoms with Crippen LogP contribution in [0.25, 0.3) is 11.1 Å². The number of thiophene rings is 1. The molecule has 0 aliphatic carbocycles. The molecule has 0 bridgehead atoms. The van der Waals surface area contributed by atoms with Gasteiger partial charge in [0.25, 0.3) is 11.6 Å². The highest BCUT2D eigenvalue weighted by molar-refractivity contribution is 7.16. The van der Waals surface area contributed by atoms with E-state index in [-0.39, 0.29) is 11.8 Å². The third-order valence-corrected chi connectivity index (χ3v) is 4.76. The molecule has 23 heavy (non-hydrogen) atoms. The van der Waals surface area contributed by atoms with E-state index in [0.717, 1.165) is 10.6 Å². The maximum Gasteiger partial charge on any atom is 0.259 e. The molecule has 0 spiro atoms. The van der Waals surface area contributed by atoms with Crippen LogP contribution in [0.5, 0.6) is 0 Å². The zero-order valence-corrected chi connectivity index (χ0v) is 14.6. The van der Waals surface area contributed by atoms with Gasteiger partial charge in [-0.1, -0.05) is 30.6 Å². The number of carbonyl (C=O) groups is 1. The smallest absolute Gasteiger partial charge is 0.259 e. The first-order chi connectivity index (χ1) is 11.0. The SMILES string of the molecule is Cc1noc2nc(C(C)C)cc(C(=O)NCc3ccc(Cl)s3)c12. The van der Waals surface area contributed by atoms with Crippen LogP contribution in [0.1, 0.15) is 46.4 Å². The Morgan fingerprint density at radius 1 is 1.43 bits per heavy atom.